The summed E-state index contributed by atoms with van der Waals surface area (Å²) in [7, 11) is -15.1. The van der Waals surface area contributed by atoms with Crippen molar-refractivity contribution in [1.82, 2.24) is 0 Å². The lowest BCUT2D eigenvalue weighted by molar-refractivity contribution is -0.351. The van der Waals surface area contributed by atoms with Gasteiger partial charge < -0.3 is 10.2 Å². The first-order chi connectivity index (χ1) is 16.4. The van der Waals surface area contributed by atoms with Crippen molar-refractivity contribution in [2.24, 2.45) is 0 Å². The molecule has 0 aromatic carbocycles. The Balaban J connectivity index is -0.000000566. The molecule has 0 aromatic rings. The molecule has 0 fully saturated rings. The molecule has 0 heterocycles. The van der Waals surface area contributed by atoms with Crippen molar-refractivity contribution in [2.45, 2.75) is 53.0 Å². The Kier molecular flexibility index (Phi) is 13.1. The van der Waals surface area contributed by atoms with Crippen LogP contribution in [0.4, 0.5) is 79.0 Å². The van der Waals surface area contributed by atoms with Crippen molar-refractivity contribution in [3.63, 3.8) is 0 Å². The molecule has 0 atom stereocenters. The van der Waals surface area contributed by atoms with E-state index in [-0.39, 0.29) is 13.2 Å². The molecular formula is C11H10F18O8S2. The molecule has 0 saturated heterocycles. The Hall–Kier alpha value is -1.52. The van der Waals surface area contributed by atoms with E-state index in [9.17, 15) is 95.9 Å². The van der Waals surface area contributed by atoms with Gasteiger partial charge in [-0.15, -0.1) is 0 Å². The van der Waals surface area contributed by atoms with E-state index in [0.717, 1.165) is 0 Å². The first kappa shape index (κ1) is 42.0. The number of alkyl halides is 18. The zero-order chi connectivity index (χ0) is 33.1. The molecule has 0 radical (unpaired) electrons. The monoisotopic (exact) mass is 676 g/mol. The molecule has 0 aliphatic heterocycles. The van der Waals surface area contributed by atoms with Crippen LogP contribution in [0.2, 0.25) is 0 Å². The number of hydrogen-bond acceptors (Lipinski definition) is 6. The van der Waals surface area contributed by atoms with Crippen LogP contribution in [0.15, 0.2) is 0 Å². The molecule has 4 N–H and O–H groups in total. The maximum atomic E-state index is 11.9. The van der Waals surface area contributed by atoms with Gasteiger partial charge in [0.05, 0.1) is 0 Å². The van der Waals surface area contributed by atoms with Gasteiger partial charge in [0, 0.05) is 13.2 Å². The van der Waals surface area contributed by atoms with Crippen molar-refractivity contribution in [3.8, 4) is 0 Å². The SMILES string of the molecule is O=S(=O)(O)C(C(F)(F)F)(C(F)(F)F)C(F)(F)F.O=S(=O)(O)C(C(F)(F)F)(C(F)(F)F)C(F)(F)F.OCCCO. The highest BCUT2D eigenvalue weighted by Gasteiger charge is 2.92. The van der Waals surface area contributed by atoms with E-state index in [2.05, 4.69) is 0 Å². The quantitative estimate of drug-likeness (QED) is 0.259. The van der Waals surface area contributed by atoms with Gasteiger partial charge in [0.25, 0.3) is 20.2 Å². The Labute approximate surface area is 202 Å². The fraction of sp³-hybridized carbons (Fsp3) is 1.00. The molecule has 0 aliphatic rings. The molecular weight excluding hydrogens is 666 g/mol. The van der Waals surface area contributed by atoms with Crippen LogP contribution in [0.25, 0.3) is 0 Å². The fourth-order valence-corrected chi connectivity index (χ4v) is 3.67. The Morgan fingerprint density at radius 2 is 0.513 bits per heavy atom. The largest absolute Gasteiger partial charge is 0.428 e. The van der Waals surface area contributed by atoms with Gasteiger partial charge in [-0.2, -0.15) is 95.9 Å². The summed E-state index contributed by atoms with van der Waals surface area (Å²) in [6.07, 6.45) is -43.4. The maximum absolute atomic E-state index is 11.9. The van der Waals surface area contributed by atoms with Crippen molar-refractivity contribution < 1.29 is 115 Å². The van der Waals surface area contributed by atoms with Gasteiger partial charge in [-0.1, -0.05) is 0 Å². The summed E-state index contributed by atoms with van der Waals surface area (Å²) < 4.78 is 255. The van der Waals surface area contributed by atoms with E-state index in [1.165, 1.54) is 0 Å². The topological polar surface area (TPSA) is 149 Å². The van der Waals surface area contributed by atoms with Crippen molar-refractivity contribution in [3.05, 3.63) is 0 Å². The van der Waals surface area contributed by atoms with Crippen LogP contribution in [0.1, 0.15) is 6.42 Å². The van der Waals surface area contributed by atoms with Crippen LogP contribution >= 0.6 is 0 Å². The van der Waals surface area contributed by atoms with Crippen molar-refractivity contribution in [1.29, 1.82) is 0 Å². The molecule has 0 rings (SSSR count). The predicted octanol–water partition coefficient (Wildman–Crippen LogP) is 3.96. The minimum Gasteiger partial charge on any atom is -0.396 e. The second-order valence-electron chi connectivity index (χ2n) is 6.10. The summed E-state index contributed by atoms with van der Waals surface area (Å²) in [6.45, 7) is 0.188. The third kappa shape index (κ3) is 8.26. The van der Waals surface area contributed by atoms with E-state index >= 15 is 0 Å². The van der Waals surface area contributed by atoms with Gasteiger partial charge in [-0.3, -0.25) is 9.11 Å². The summed E-state index contributed by atoms with van der Waals surface area (Å²) >= 11 is 0. The van der Waals surface area contributed by atoms with Gasteiger partial charge >= 0.3 is 46.6 Å². The second-order valence-corrected chi connectivity index (χ2v) is 9.22. The van der Waals surface area contributed by atoms with E-state index < -0.39 is 66.8 Å². The summed E-state index contributed by atoms with van der Waals surface area (Å²) in [5.74, 6) is 0. The zero-order valence-corrected chi connectivity index (χ0v) is 18.8. The zero-order valence-electron chi connectivity index (χ0n) is 17.2. The number of halogens is 18. The average Bonchev–Trinajstić information content (AvgIpc) is 2.44. The molecule has 240 valence electrons. The lowest BCUT2D eigenvalue weighted by Gasteiger charge is -2.35. The summed E-state index contributed by atoms with van der Waals surface area (Å²) in [4.78, 5) is 0. The van der Waals surface area contributed by atoms with Crippen LogP contribution in [0.3, 0.4) is 0 Å². The molecule has 0 saturated carbocycles. The minimum absolute atomic E-state index is 0.0938. The summed E-state index contributed by atoms with van der Waals surface area (Å²) in [5, 5.41) is 15.8. The van der Waals surface area contributed by atoms with Gasteiger partial charge in [-0.05, 0) is 6.42 Å². The first-order valence-electron chi connectivity index (χ1n) is 7.97. The average molecular weight is 676 g/mol. The van der Waals surface area contributed by atoms with Gasteiger partial charge in [0.1, 0.15) is 0 Å². The fourth-order valence-electron chi connectivity index (χ4n) is 1.91. The van der Waals surface area contributed by atoms with E-state index in [4.69, 9.17) is 19.3 Å². The highest BCUT2D eigenvalue weighted by Crippen LogP contribution is 2.58. The lowest BCUT2D eigenvalue weighted by atomic mass is 10.1. The summed E-state index contributed by atoms with van der Waals surface area (Å²) in [5.41, 5.74) is 0. The molecule has 0 bridgehead atoms. The Morgan fingerprint density at radius 3 is 0.513 bits per heavy atom. The molecule has 8 nitrogen and oxygen atoms in total. The van der Waals surface area contributed by atoms with Crippen LogP contribution in [-0.2, 0) is 20.2 Å². The Bertz CT molecular complexity index is 829. The van der Waals surface area contributed by atoms with Crippen molar-refractivity contribution >= 4 is 20.2 Å². The van der Waals surface area contributed by atoms with E-state index in [1.807, 2.05) is 0 Å². The Morgan fingerprint density at radius 1 is 0.385 bits per heavy atom. The first-order valence-corrected chi connectivity index (χ1v) is 10.9. The van der Waals surface area contributed by atoms with Gasteiger partial charge in [0.2, 0.25) is 0 Å². The minimum atomic E-state index is -7.57. The maximum Gasteiger partial charge on any atom is 0.428 e. The third-order valence-corrected chi connectivity index (χ3v) is 6.42. The van der Waals surface area contributed by atoms with Crippen molar-refractivity contribution in [2.75, 3.05) is 13.2 Å². The van der Waals surface area contributed by atoms with E-state index in [0.29, 0.717) is 6.42 Å². The second kappa shape index (κ2) is 12.1. The highest BCUT2D eigenvalue weighted by atomic mass is 32.2. The van der Waals surface area contributed by atoms with Crippen LogP contribution < -0.4 is 0 Å². The number of aliphatic hydroxyl groups excluding tert-OH is 2. The third-order valence-electron chi connectivity index (χ3n) is 3.49. The smallest absolute Gasteiger partial charge is 0.396 e. The van der Waals surface area contributed by atoms with E-state index in [1.54, 1.807) is 0 Å². The normalized spacial score (nSPS) is 15.1. The molecule has 0 aliphatic carbocycles. The molecule has 0 amide bonds. The number of aliphatic hydroxyl groups is 2. The highest BCUT2D eigenvalue weighted by molar-refractivity contribution is 7.87. The van der Waals surface area contributed by atoms with Gasteiger partial charge in [0.15, 0.2) is 0 Å². The number of rotatable bonds is 4. The standard InChI is InChI=1S/2C4HF9O3S.C3H8O2/c2*5-2(6,7)1(3(8,9)10,4(11,12)13)17(14,15)16;4-2-1-3-5/h2*(H,14,15,16);4-5H,1-3H2. The molecule has 0 spiro atoms. The lowest BCUT2D eigenvalue weighted by Crippen LogP contribution is -2.70. The number of hydrogen-bond donors (Lipinski definition) is 4. The van der Waals surface area contributed by atoms with Gasteiger partial charge in [-0.25, -0.2) is 0 Å². The molecule has 39 heavy (non-hydrogen) atoms. The van der Waals surface area contributed by atoms with Crippen LogP contribution in [-0.4, -0.2) is 95.9 Å². The predicted molar refractivity (Wildman–Crippen MR) is 83.7 cm³/mol. The molecule has 0 aromatic heterocycles. The molecule has 0 unspecified atom stereocenters. The van der Waals surface area contributed by atoms with Crippen LogP contribution in [0, 0.1) is 0 Å². The summed E-state index contributed by atoms with van der Waals surface area (Å²) in [6, 6.07) is 0. The molecule has 28 heteroatoms. The van der Waals surface area contributed by atoms with Crippen LogP contribution in [0.5, 0.6) is 0 Å².